The van der Waals surface area contributed by atoms with E-state index in [1.54, 1.807) is 16.3 Å². The summed E-state index contributed by atoms with van der Waals surface area (Å²) in [5.74, 6) is 0.414. The minimum Gasteiger partial charge on any atom is -0.383 e. The minimum atomic E-state index is -0.00655. The number of aryl methyl sites for hydroxylation is 2. The molecule has 3 heterocycles. The molecule has 0 aliphatic rings. The van der Waals surface area contributed by atoms with Crippen molar-refractivity contribution in [1.29, 1.82) is 0 Å². The second-order valence-corrected chi connectivity index (χ2v) is 6.24. The second kappa shape index (κ2) is 7.19. The van der Waals surface area contributed by atoms with Crippen molar-refractivity contribution in [2.45, 2.75) is 34.2 Å². The van der Waals surface area contributed by atoms with Crippen LogP contribution in [0.25, 0.3) is 21.8 Å². The molecule has 0 saturated carbocycles. The summed E-state index contributed by atoms with van der Waals surface area (Å²) >= 11 is 0. The molecule has 0 aliphatic carbocycles. The van der Waals surface area contributed by atoms with Gasteiger partial charge in [0.1, 0.15) is 12.1 Å². The van der Waals surface area contributed by atoms with Crippen LogP contribution in [0.3, 0.4) is 0 Å². The number of fused-ring (bicyclic) bond motifs is 2. The summed E-state index contributed by atoms with van der Waals surface area (Å²) in [6.07, 6.45) is 1.43. The average molecular weight is 364 g/mol. The lowest BCUT2D eigenvalue weighted by atomic mass is 10.1. The largest absolute Gasteiger partial charge is 0.383 e. The molecule has 0 unspecified atom stereocenters. The number of benzene rings is 1. The highest BCUT2D eigenvalue weighted by Crippen LogP contribution is 2.22. The molecular weight excluding hydrogens is 340 g/mol. The van der Waals surface area contributed by atoms with Crippen LogP contribution in [-0.2, 0) is 13.6 Å². The smallest absolute Gasteiger partial charge is 0.258 e. The van der Waals surface area contributed by atoms with E-state index in [1.807, 2.05) is 52.0 Å². The summed E-state index contributed by atoms with van der Waals surface area (Å²) in [6.45, 7) is 8.26. The number of hydrogen-bond donors (Lipinski definition) is 1. The van der Waals surface area contributed by atoms with Crippen LogP contribution in [0.4, 0.5) is 5.82 Å². The van der Waals surface area contributed by atoms with Gasteiger partial charge in [0.15, 0.2) is 5.65 Å². The SMILES string of the molecule is CC.Cc1nn(Cc2cc3cccc(C)c3c(=O)n2C)c2ncnc(N)c12. The number of nitrogen functional groups attached to an aromatic ring is 1. The van der Waals surface area contributed by atoms with Crippen molar-refractivity contribution < 1.29 is 0 Å². The maximum atomic E-state index is 12.8. The first kappa shape index (κ1) is 18.6. The topological polar surface area (TPSA) is 91.6 Å². The Hall–Kier alpha value is -3.22. The third-order valence-corrected chi connectivity index (χ3v) is 4.62. The zero-order valence-electron chi connectivity index (χ0n) is 16.3. The molecule has 0 atom stereocenters. The van der Waals surface area contributed by atoms with Gasteiger partial charge in [-0.2, -0.15) is 5.10 Å². The summed E-state index contributed by atoms with van der Waals surface area (Å²) in [5, 5.41) is 6.97. The molecule has 0 bridgehead atoms. The van der Waals surface area contributed by atoms with Crippen LogP contribution in [0, 0.1) is 13.8 Å². The predicted octanol–water partition coefficient (Wildman–Crippen LogP) is 2.95. The predicted molar refractivity (Wildman–Crippen MR) is 109 cm³/mol. The zero-order chi connectivity index (χ0) is 19.7. The molecule has 4 rings (SSSR count). The van der Waals surface area contributed by atoms with Gasteiger partial charge in [-0.25, -0.2) is 14.6 Å². The van der Waals surface area contributed by atoms with Gasteiger partial charge in [-0.1, -0.05) is 32.0 Å². The van der Waals surface area contributed by atoms with Crippen LogP contribution >= 0.6 is 0 Å². The Bertz CT molecular complexity index is 1190. The Morgan fingerprint density at radius 1 is 1.11 bits per heavy atom. The lowest BCUT2D eigenvalue weighted by Crippen LogP contribution is -2.23. The lowest BCUT2D eigenvalue weighted by Gasteiger charge is -2.12. The number of anilines is 1. The van der Waals surface area contributed by atoms with E-state index in [4.69, 9.17) is 5.73 Å². The molecule has 0 radical (unpaired) electrons. The third-order valence-electron chi connectivity index (χ3n) is 4.62. The number of hydrogen-bond acceptors (Lipinski definition) is 5. The van der Waals surface area contributed by atoms with Gasteiger partial charge in [-0.15, -0.1) is 0 Å². The molecule has 2 N–H and O–H groups in total. The highest BCUT2D eigenvalue weighted by atomic mass is 16.1. The van der Waals surface area contributed by atoms with Crippen LogP contribution < -0.4 is 11.3 Å². The number of nitrogens with zero attached hydrogens (tertiary/aromatic N) is 5. The van der Waals surface area contributed by atoms with Crippen molar-refractivity contribution in [2.24, 2.45) is 7.05 Å². The molecule has 1 aromatic carbocycles. The van der Waals surface area contributed by atoms with Crippen molar-refractivity contribution in [3.63, 3.8) is 0 Å². The Balaban J connectivity index is 0.00000102. The van der Waals surface area contributed by atoms with Gasteiger partial charge < -0.3 is 10.3 Å². The summed E-state index contributed by atoms with van der Waals surface area (Å²) < 4.78 is 3.43. The van der Waals surface area contributed by atoms with E-state index in [9.17, 15) is 4.79 Å². The highest BCUT2D eigenvalue weighted by molar-refractivity contribution is 5.88. The maximum Gasteiger partial charge on any atom is 0.258 e. The van der Waals surface area contributed by atoms with Gasteiger partial charge in [-0.05, 0) is 30.9 Å². The number of nitrogens with two attached hydrogens (primary N) is 1. The molecule has 3 aromatic heterocycles. The molecule has 27 heavy (non-hydrogen) atoms. The van der Waals surface area contributed by atoms with E-state index >= 15 is 0 Å². The fraction of sp³-hybridized carbons (Fsp3) is 0.300. The molecule has 0 spiro atoms. The fourth-order valence-corrected chi connectivity index (χ4v) is 3.30. The Kier molecular flexibility index (Phi) is 4.94. The lowest BCUT2D eigenvalue weighted by molar-refractivity contribution is 0.645. The van der Waals surface area contributed by atoms with Gasteiger partial charge in [-0.3, -0.25) is 4.79 Å². The average Bonchev–Trinajstić information content (AvgIpc) is 2.98. The molecule has 140 valence electrons. The van der Waals surface area contributed by atoms with Crippen LogP contribution in [0.15, 0.2) is 35.4 Å². The first-order chi connectivity index (χ1) is 13.0. The van der Waals surface area contributed by atoms with Crippen molar-refractivity contribution in [1.82, 2.24) is 24.3 Å². The number of pyridine rings is 1. The summed E-state index contributed by atoms with van der Waals surface area (Å²) in [7, 11) is 1.78. The monoisotopic (exact) mass is 364 g/mol. The third kappa shape index (κ3) is 3.05. The van der Waals surface area contributed by atoms with Crippen molar-refractivity contribution in [3.05, 3.63) is 57.9 Å². The van der Waals surface area contributed by atoms with E-state index in [0.717, 1.165) is 33.1 Å². The van der Waals surface area contributed by atoms with E-state index < -0.39 is 0 Å². The van der Waals surface area contributed by atoms with Crippen LogP contribution in [-0.4, -0.2) is 24.3 Å². The first-order valence-electron chi connectivity index (χ1n) is 8.99. The number of rotatable bonds is 2. The molecular formula is C20H24N6O. The molecule has 0 saturated heterocycles. The van der Waals surface area contributed by atoms with E-state index in [1.165, 1.54) is 6.33 Å². The summed E-state index contributed by atoms with van der Waals surface area (Å²) in [4.78, 5) is 21.1. The van der Waals surface area contributed by atoms with Crippen molar-refractivity contribution in [2.75, 3.05) is 5.73 Å². The molecule has 7 heteroatoms. The molecule has 0 fully saturated rings. The summed E-state index contributed by atoms with van der Waals surface area (Å²) in [6, 6.07) is 7.90. The Morgan fingerprint density at radius 3 is 2.59 bits per heavy atom. The first-order valence-corrected chi connectivity index (χ1v) is 8.99. The Labute approximate surface area is 157 Å². The molecule has 7 nitrogen and oxygen atoms in total. The van der Waals surface area contributed by atoms with Gasteiger partial charge in [0.2, 0.25) is 0 Å². The van der Waals surface area contributed by atoms with Crippen LogP contribution in [0.5, 0.6) is 0 Å². The van der Waals surface area contributed by atoms with Gasteiger partial charge in [0.05, 0.1) is 23.0 Å². The number of aromatic nitrogens is 5. The highest BCUT2D eigenvalue weighted by Gasteiger charge is 2.15. The standard InChI is InChI=1S/C18H18N6O.C2H6/c1-10-5-4-6-12-7-13(23(3)18(25)14(10)12)8-24-17-15(11(2)22-24)16(19)20-9-21-17;1-2/h4-7,9H,8H2,1-3H3,(H2,19,20,21);1-2H3. The Morgan fingerprint density at radius 2 is 1.85 bits per heavy atom. The second-order valence-electron chi connectivity index (χ2n) is 6.24. The van der Waals surface area contributed by atoms with Crippen molar-refractivity contribution in [3.8, 4) is 0 Å². The molecule has 4 aromatic rings. The van der Waals surface area contributed by atoms with E-state index in [0.29, 0.717) is 18.0 Å². The van der Waals surface area contributed by atoms with Crippen LogP contribution in [0.2, 0.25) is 0 Å². The summed E-state index contributed by atoms with van der Waals surface area (Å²) in [5.41, 5.74) is 9.21. The van der Waals surface area contributed by atoms with Crippen molar-refractivity contribution >= 4 is 27.6 Å². The molecule has 0 aliphatic heterocycles. The van der Waals surface area contributed by atoms with Crippen LogP contribution in [0.1, 0.15) is 30.8 Å². The normalized spacial score (nSPS) is 10.9. The van der Waals surface area contributed by atoms with Gasteiger partial charge in [0.25, 0.3) is 5.56 Å². The van der Waals surface area contributed by atoms with E-state index in [2.05, 4.69) is 15.1 Å². The van der Waals surface area contributed by atoms with E-state index in [-0.39, 0.29) is 5.56 Å². The quantitative estimate of drug-likeness (QED) is 0.590. The molecule has 0 amide bonds. The fourth-order valence-electron chi connectivity index (χ4n) is 3.30. The minimum absolute atomic E-state index is 0.00655. The van der Waals surface area contributed by atoms with Gasteiger partial charge in [0, 0.05) is 12.7 Å². The maximum absolute atomic E-state index is 12.8. The zero-order valence-corrected chi connectivity index (χ0v) is 16.3. The van der Waals surface area contributed by atoms with Gasteiger partial charge >= 0.3 is 0 Å².